The average molecular weight is 337 g/mol. The molecule has 3 rings (SSSR count). The molecule has 0 aliphatic heterocycles. The van der Waals surface area contributed by atoms with Crippen LogP contribution in [0.5, 0.6) is 0 Å². The van der Waals surface area contributed by atoms with Crippen LogP contribution in [0.2, 0.25) is 0 Å². The molecule has 3 nitrogen and oxygen atoms in total. The Kier molecular flexibility index (Phi) is 5.75. The summed E-state index contributed by atoms with van der Waals surface area (Å²) in [5.41, 5.74) is 4.87. The molecule has 1 aromatic heterocycles. The number of carbonyl (C=O) groups excluding carboxylic acids is 1. The molecule has 24 heavy (non-hydrogen) atoms. The molecule has 1 atom stereocenters. The first-order valence-corrected chi connectivity index (χ1v) is 8.87. The number of carbonyl (C=O) groups is 1. The van der Waals surface area contributed by atoms with Gasteiger partial charge in [0.25, 0.3) is 0 Å². The predicted octanol–water partition coefficient (Wildman–Crippen LogP) is 4.29. The fraction of sp³-hybridized carbons (Fsp3) is 0.200. The summed E-state index contributed by atoms with van der Waals surface area (Å²) in [7, 11) is 0. The quantitative estimate of drug-likeness (QED) is 0.604. The number of rotatable bonds is 7. The van der Waals surface area contributed by atoms with Gasteiger partial charge in [-0.25, -0.2) is 4.98 Å². The van der Waals surface area contributed by atoms with Crippen molar-refractivity contribution in [3.8, 4) is 0 Å². The second-order valence-corrected chi connectivity index (χ2v) is 6.38. The normalized spacial score (nSPS) is 11.8. The molecule has 0 amide bonds. The van der Waals surface area contributed by atoms with Crippen LogP contribution in [0.3, 0.4) is 0 Å². The molecule has 2 aromatic carbocycles. The fourth-order valence-electron chi connectivity index (χ4n) is 2.57. The van der Waals surface area contributed by atoms with Gasteiger partial charge in [-0.1, -0.05) is 60.7 Å². The van der Waals surface area contributed by atoms with Gasteiger partial charge < -0.3 is 4.74 Å². The van der Waals surface area contributed by atoms with Gasteiger partial charge in [-0.05, 0) is 17.5 Å². The third-order valence-corrected chi connectivity index (χ3v) is 4.46. The lowest BCUT2D eigenvalue weighted by Gasteiger charge is -2.15. The van der Waals surface area contributed by atoms with Gasteiger partial charge in [0.1, 0.15) is 6.61 Å². The maximum Gasteiger partial charge on any atom is 0.310 e. The Bertz CT molecular complexity index is 742. The minimum Gasteiger partial charge on any atom is -0.461 e. The van der Waals surface area contributed by atoms with Crippen LogP contribution in [0.15, 0.2) is 71.6 Å². The minimum absolute atomic E-state index is 0.171. The van der Waals surface area contributed by atoms with E-state index in [1.54, 1.807) is 16.8 Å². The molecule has 0 radical (unpaired) electrons. The third-order valence-electron chi connectivity index (χ3n) is 3.82. The van der Waals surface area contributed by atoms with Crippen LogP contribution in [-0.4, -0.2) is 11.0 Å². The standard InChI is InChI=1S/C20H19NO2S/c22-20(23-13-17-9-5-2-6-10-17)18(12-19-14-24-15-21-19)11-16-7-3-1-4-8-16/h1-10,14-15,18H,11-13H2/t18-/m1/s1. The van der Waals surface area contributed by atoms with Crippen molar-refractivity contribution in [1.29, 1.82) is 0 Å². The Balaban J connectivity index is 1.67. The van der Waals surface area contributed by atoms with Gasteiger partial charge in [-0.15, -0.1) is 11.3 Å². The molecule has 0 saturated heterocycles. The van der Waals surface area contributed by atoms with Crippen LogP contribution in [0.4, 0.5) is 0 Å². The fourth-order valence-corrected chi connectivity index (χ4v) is 3.15. The van der Waals surface area contributed by atoms with E-state index in [2.05, 4.69) is 4.98 Å². The first-order chi connectivity index (χ1) is 11.8. The largest absolute Gasteiger partial charge is 0.461 e. The summed E-state index contributed by atoms with van der Waals surface area (Å²) in [4.78, 5) is 16.9. The van der Waals surface area contributed by atoms with Crippen LogP contribution in [-0.2, 0) is 29.0 Å². The number of esters is 1. The van der Waals surface area contributed by atoms with Crippen molar-refractivity contribution in [2.24, 2.45) is 5.92 Å². The van der Waals surface area contributed by atoms with E-state index in [1.165, 1.54) is 0 Å². The van der Waals surface area contributed by atoms with Gasteiger partial charge >= 0.3 is 5.97 Å². The molecule has 0 N–H and O–H groups in total. The molecule has 0 aliphatic rings. The molecule has 1 heterocycles. The van der Waals surface area contributed by atoms with E-state index in [0.29, 0.717) is 19.4 Å². The lowest BCUT2D eigenvalue weighted by Crippen LogP contribution is -2.22. The lowest BCUT2D eigenvalue weighted by molar-refractivity contribution is -0.149. The van der Waals surface area contributed by atoms with E-state index in [9.17, 15) is 4.79 Å². The van der Waals surface area contributed by atoms with Crippen molar-refractivity contribution in [1.82, 2.24) is 4.98 Å². The minimum atomic E-state index is -0.224. The summed E-state index contributed by atoms with van der Waals surface area (Å²) < 4.78 is 5.55. The van der Waals surface area contributed by atoms with Crippen molar-refractivity contribution in [3.63, 3.8) is 0 Å². The summed E-state index contributed by atoms with van der Waals surface area (Å²) >= 11 is 1.55. The van der Waals surface area contributed by atoms with E-state index in [1.807, 2.05) is 66.0 Å². The van der Waals surface area contributed by atoms with Crippen LogP contribution in [0, 0.1) is 5.92 Å². The van der Waals surface area contributed by atoms with E-state index in [0.717, 1.165) is 16.8 Å². The Hall–Kier alpha value is -2.46. The topological polar surface area (TPSA) is 39.2 Å². The lowest BCUT2D eigenvalue weighted by atomic mass is 9.95. The number of benzene rings is 2. The highest BCUT2D eigenvalue weighted by atomic mass is 32.1. The smallest absolute Gasteiger partial charge is 0.310 e. The highest BCUT2D eigenvalue weighted by Gasteiger charge is 2.22. The predicted molar refractivity (Wildman–Crippen MR) is 95.7 cm³/mol. The second-order valence-electron chi connectivity index (χ2n) is 5.66. The van der Waals surface area contributed by atoms with Crippen LogP contribution in [0.1, 0.15) is 16.8 Å². The van der Waals surface area contributed by atoms with Crippen LogP contribution in [0.25, 0.3) is 0 Å². The van der Waals surface area contributed by atoms with Crippen molar-refractivity contribution in [2.45, 2.75) is 19.4 Å². The highest BCUT2D eigenvalue weighted by molar-refractivity contribution is 7.07. The SMILES string of the molecule is O=C(OCc1ccccc1)[C@H](Cc1ccccc1)Cc1cscn1. The van der Waals surface area contributed by atoms with Crippen LogP contribution >= 0.6 is 11.3 Å². The zero-order chi connectivity index (χ0) is 16.6. The number of hydrogen-bond acceptors (Lipinski definition) is 4. The molecule has 0 spiro atoms. The number of thiazole rings is 1. The summed E-state index contributed by atoms with van der Waals surface area (Å²) in [5.74, 6) is -0.395. The maximum absolute atomic E-state index is 12.6. The number of nitrogens with zero attached hydrogens (tertiary/aromatic N) is 1. The number of hydrogen-bond donors (Lipinski definition) is 0. The molecule has 122 valence electrons. The van der Waals surface area contributed by atoms with Crippen molar-refractivity contribution < 1.29 is 9.53 Å². The van der Waals surface area contributed by atoms with Gasteiger partial charge in [0.2, 0.25) is 0 Å². The average Bonchev–Trinajstić information content (AvgIpc) is 3.14. The van der Waals surface area contributed by atoms with Gasteiger partial charge in [0, 0.05) is 11.8 Å². The summed E-state index contributed by atoms with van der Waals surface area (Å²) in [6.45, 7) is 0.308. The highest BCUT2D eigenvalue weighted by Crippen LogP contribution is 2.17. The molecule has 4 heteroatoms. The van der Waals surface area contributed by atoms with Gasteiger partial charge in [0.05, 0.1) is 17.1 Å². The second kappa shape index (κ2) is 8.41. The first kappa shape index (κ1) is 16.4. The molecule has 0 fully saturated rings. The van der Waals surface area contributed by atoms with Crippen molar-refractivity contribution in [3.05, 3.63) is 88.4 Å². The first-order valence-electron chi connectivity index (χ1n) is 7.93. The molecule has 0 bridgehead atoms. The number of ether oxygens (including phenoxy) is 1. The Morgan fingerprint density at radius 2 is 1.62 bits per heavy atom. The summed E-state index contributed by atoms with van der Waals surface area (Å²) in [5, 5.41) is 1.99. The molecular weight excluding hydrogens is 318 g/mol. The van der Waals surface area contributed by atoms with E-state index in [4.69, 9.17) is 4.74 Å². The maximum atomic E-state index is 12.6. The monoisotopic (exact) mass is 337 g/mol. The number of aromatic nitrogens is 1. The summed E-state index contributed by atoms with van der Waals surface area (Å²) in [6, 6.07) is 19.8. The molecule has 3 aromatic rings. The van der Waals surface area contributed by atoms with E-state index < -0.39 is 0 Å². The molecule has 0 aliphatic carbocycles. The Labute approximate surface area is 146 Å². The van der Waals surface area contributed by atoms with Crippen molar-refractivity contribution >= 4 is 17.3 Å². The molecule has 0 saturated carbocycles. The third kappa shape index (κ3) is 4.77. The zero-order valence-corrected chi connectivity index (χ0v) is 14.1. The van der Waals surface area contributed by atoms with E-state index >= 15 is 0 Å². The molecule has 0 unspecified atom stereocenters. The van der Waals surface area contributed by atoms with Crippen molar-refractivity contribution in [2.75, 3.05) is 0 Å². The molecular formula is C20H19NO2S. The Morgan fingerprint density at radius 3 is 2.25 bits per heavy atom. The summed E-state index contributed by atoms with van der Waals surface area (Å²) in [6.07, 6.45) is 1.26. The van der Waals surface area contributed by atoms with Crippen LogP contribution < -0.4 is 0 Å². The van der Waals surface area contributed by atoms with Gasteiger partial charge in [-0.3, -0.25) is 4.79 Å². The van der Waals surface area contributed by atoms with Gasteiger partial charge in [-0.2, -0.15) is 0 Å². The van der Waals surface area contributed by atoms with E-state index in [-0.39, 0.29) is 11.9 Å². The van der Waals surface area contributed by atoms with Gasteiger partial charge in [0.15, 0.2) is 0 Å². The zero-order valence-electron chi connectivity index (χ0n) is 13.3. The Morgan fingerprint density at radius 1 is 0.958 bits per heavy atom.